The summed E-state index contributed by atoms with van der Waals surface area (Å²) in [5.41, 5.74) is 1.62. The van der Waals surface area contributed by atoms with Gasteiger partial charge < -0.3 is 10.2 Å². The number of carbonyl (C=O) groups excluding carboxylic acids is 1. The lowest BCUT2D eigenvalue weighted by Gasteiger charge is -2.16. The van der Waals surface area contributed by atoms with Crippen molar-refractivity contribution in [3.8, 4) is 0 Å². The molecule has 6 nitrogen and oxygen atoms in total. The van der Waals surface area contributed by atoms with Crippen LogP contribution in [0.15, 0.2) is 43.0 Å². The van der Waals surface area contributed by atoms with Gasteiger partial charge in [0.2, 0.25) is 0 Å². The highest BCUT2D eigenvalue weighted by Crippen LogP contribution is 2.26. The van der Waals surface area contributed by atoms with Gasteiger partial charge in [0, 0.05) is 31.2 Å². The molecule has 0 saturated heterocycles. The summed E-state index contributed by atoms with van der Waals surface area (Å²) in [7, 11) is 3.69. The average Bonchev–Trinajstić information content (AvgIpc) is 2.55. The van der Waals surface area contributed by atoms with Gasteiger partial charge in [0.05, 0.1) is 16.7 Å². The summed E-state index contributed by atoms with van der Waals surface area (Å²) in [4.78, 5) is 26.8. The summed E-state index contributed by atoms with van der Waals surface area (Å²) < 4.78 is 0. The van der Waals surface area contributed by atoms with Crippen LogP contribution in [0, 0.1) is 0 Å². The number of carbonyl (C=O) groups is 1. The molecule has 3 rings (SSSR count). The van der Waals surface area contributed by atoms with E-state index in [1.165, 1.54) is 6.33 Å². The molecule has 0 spiro atoms. The molecule has 0 fully saturated rings. The number of halogens is 1. The normalized spacial score (nSPS) is 10.6. The number of anilines is 2. The molecule has 2 aromatic heterocycles. The second kappa shape index (κ2) is 6.18. The van der Waals surface area contributed by atoms with Crippen molar-refractivity contribution in [2.45, 2.75) is 0 Å². The van der Waals surface area contributed by atoms with E-state index in [0.717, 1.165) is 0 Å². The number of amides is 1. The molecule has 1 N–H and O–H groups in total. The number of benzene rings is 1. The summed E-state index contributed by atoms with van der Waals surface area (Å²) in [5, 5.41) is 4.05. The summed E-state index contributed by atoms with van der Waals surface area (Å²) in [6, 6.07) is 6.94. The van der Waals surface area contributed by atoms with Crippen molar-refractivity contribution in [3.05, 3.63) is 53.6 Å². The van der Waals surface area contributed by atoms with Crippen molar-refractivity contribution in [2.75, 3.05) is 24.3 Å². The lowest BCUT2D eigenvalue weighted by atomic mass is 10.1. The summed E-state index contributed by atoms with van der Waals surface area (Å²) in [6.45, 7) is 0. The van der Waals surface area contributed by atoms with Crippen LogP contribution in [-0.2, 0) is 0 Å². The molecule has 1 aromatic carbocycles. The van der Waals surface area contributed by atoms with Crippen LogP contribution in [0.4, 0.5) is 11.5 Å². The van der Waals surface area contributed by atoms with E-state index in [-0.39, 0.29) is 5.91 Å². The van der Waals surface area contributed by atoms with E-state index in [9.17, 15) is 4.79 Å². The molecule has 116 valence electrons. The minimum Gasteiger partial charge on any atom is -0.361 e. The number of nitrogens with zero attached hydrogens (tertiary/aromatic N) is 4. The molecule has 0 bridgehead atoms. The Kier molecular flexibility index (Phi) is 4.08. The maximum atomic E-state index is 12.7. The third-order valence-corrected chi connectivity index (χ3v) is 3.63. The fourth-order valence-electron chi connectivity index (χ4n) is 2.29. The fraction of sp³-hybridized carbons (Fsp3) is 0.125. The van der Waals surface area contributed by atoms with E-state index < -0.39 is 0 Å². The number of rotatable bonds is 3. The minimum atomic E-state index is -0.266. The van der Waals surface area contributed by atoms with Gasteiger partial charge in [0.25, 0.3) is 5.91 Å². The zero-order valence-corrected chi connectivity index (χ0v) is 13.4. The standard InChI is InChI=1S/C16H14ClN5O/c1-22(2)15-13(8-18-9-20-15)21-16(23)11-5-6-12(17)14-10(11)4-3-7-19-14/h3-9H,1-2H3,(H,21,23). The van der Waals surface area contributed by atoms with E-state index in [2.05, 4.69) is 20.3 Å². The minimum absolute atomic E-state index is 0.266. The molecular formula is C16H14ClN5O. The second-order valence-corrected chi connectivity index (χ2v) is 5.51. The van der Waals surface area contributed by atoms with E-state index >= 15 is 0 Å². The molecule has 1 amide bonds. The first-order valence-corrected chi connectivity index (χ1v) is 7.27. The topological polar surface area (TPSA) is 71.0 Å². The van der Waals surface area contributed by atoms with Crippen molar-refractivity contribution in [1.82, 2.24) is 15.0 Å². The van der Waals surface area contributed by atoms with Crippen molar-refractivity contribution in [2.24, 2.45) is 0 Å². The summed E-state index contributed by atoms with van der Waals surface area (Å²) >= 11 is 6.14. The Labute approximate surface area is 138 Å². The highest BCUT2D eigenvalue weighted by atomic mass is 35.5. The number of fused-ring (bicyclic) bond motifs is 1. The summed E-state index contributed by atoms with van der Waals surface area (Å²) in [5.74, 6) is 0.363. The number of hydrogen-bond acceptors (Lipinski definition) is 5. The third-order valence-electron chi connectivity index (χ3n) is 3.33. The number of aromatic nitrogens is 3. The molecule has 0 aliphatic rings. The zero-order chi connectivity index (χ0) is 16.4. The van der Waals surface area contributed by atoms with Crippen molar-refractivity contribution < 1.29 is 4.79 Å². The van der Waals surface area contributed by atoms with E-state index in [0.29, 0.717) is 33.0 Å². The zero-order valence-electron chi connectivity index (χ0n) is 12.6. The van der Waals surface area contributed by atoms with Crippen LogP contribution in [0.3, 0.4) is 0 Å². The largest absolute Gasteiger partial charge is 0.361 e. The van der Waals surface area contributed by atoms with Crippen molar-refractivity contribution in [1.29, 1.82) is 0 Å². The highest BCUT2D eigenvalue weighted by molar-refractivity contribution is 6.35. The van der Waals surface area contributed by atoms with Gasteiger partial charge in [0.15, 0.2) is 5.82 Å². The van der Waals surface area contributed by atoms with Crippen LogP contribution >= 0.6 is 11.6 Å². The Bertz CT molecular complexity index is 881. The molecule has 7 heteroatoms. The molecule has 0 atom stereocenters. The second-order valence-electron chi connectivity index (χ2n) is 5.10. The lowest BCUT2D eigenvalue weighted by molar-refractivity contribution is 0.102. The molecule has 3 aromatic rings. The Hall–Kier alpha value is -2.73. The quantitative estimate of drug-likeness (QED) is 0.800. The van der Waals surface area contributed by atoms with Crippen LogP contribution in [0.25, 0.3) is 10.9 Å². The molecular weight excluding hydrogens is 314 g/mol. The number of hydrogen-bond donors (Lipinski definition) is 1. The van der Waals surface area contributed by atoms with Crippen LogP contribution in [0.1, 0.15) is 10.4 Å². The van der Waals surface area contributed by atoms with Gasteiger partial charge in [-0.15, -0.1) is 0 Å². The first-order chi connectivity index (χ1) is 11.1. The molecule has 0 radical (unpaired) electrons. The van der Waals surface area contributed by atoms with Crippen LogP contribution in [-0.4, -0.2) is 35.0 Å². The maximum Gasteiger partial charge on any atom is 0.256 e. The van der Waals surface area contributed by atoms with Crippen molar-refractivity contribution >= 4 is 39.9 Å². The molecule has 23 heavy (non-hydrogen) atoms. The monoisotopic (exact) mass is 327 g/mol. The van der Waals surface area contributed by atoms with Crippen LogP contribution < -0.4 is 10.2 Å². The van der Waals surface area contributed by atoms with Crippen LogP contribution in [0.5, 0.6) is 0 Å². The Morgan fingerprint density at radius 2 is 2.04 bits per heavy atom. The van der Waals surface area contributed by atoms with E-state index in [4.69, 9.17) is 11.6 Å². The van der Waals surface area contributed by atoms with E-state index in [1.807, 2.05) is 20.2 Å². The van der Waals surface area contributed by atoms with Gasteiger partial charge in [-0.1, -0.05) is 17.7 Å². The number of nitrogens with one attached hydrogen (secondary N) is 1. The predicted molar refractivity (Wildman–Crippen MR) is 91.1 cm³/mol. The number of pyridine rings is 1. The van der Waals surface area contributed by atoms with Gasteiger partial charge in [0.1, 0.15) is 12.0 Å². The molecule has 2 heterocycles. The van der Waals surface area contributed by atoms with Crippen LogP contribution in [0.2, 0.25) is 5.02 Å². The Morgan fingerprint density at radius 1 is 1.22 bits per heavy atom. The van der Waals surface area contributed by atoms with Gasteiger partial charge in [-0.25, -0.2) is 9.97 Å². The Morgan fingerprint density at radius 3 is 2.83 bits per heavy atom. The van der Waals surface area contributed by atoms with Crippen molar-refractivity contribution in [3.63, 3.8) is 0 Å². The van der Waals surface area contributed by atoms with Gasteiger partial charge in [-0.05, 0) is 18.2 Å². The molecule has 0 saturated carbocycles. The first-order valence-electron chi connectivity index (χ1n) is 6.90. The summed E-state index contributed by atoms with van der Waals surface area (Å²) in [6.07, 6.45) is 4.65. The molecule has 0 aliphatic heterocycles. The third kappa shape index (κ3) is 2.93. The Balaban J connectivity index is 2.01. The molecule has 0 unspecified atom stereocenters. The highest BCUT2D eigenvalue weighted by Gasteiger charge is 2.15. The smallest absolute Gasteiger partial charge is 0.256 e. The van der Waals surface area contributed by atoms with Gasteiger partial charge in [-0.2, -0.15) is 0 Å². The van der Waals surface area contributed by atoms with Gasteiger partial charge in [-0.3, -0.25) is 9.78 Å². The average molecular weight is 328 g/mol. The van der Waals surface area contributed by atoms with Gasteiger partial charge >= 0.3 is 0 Å². The predicted octanol–water partition coefficient (Wildman–Crippen LogP) is 3.00. The maximum absolute atomic E-state index is 12.7. The SMILES string of the molecule is CN(C)c1ncncc1NC(=O)c1ccc(Cl)c2ncccc12. The molecule has 0 aliphatic carbocycles. The fourth-order valence-corrected chi connectivity index (χ4v) is 2.51. The first kappa shape index (κ1) is 15.2. The van der Waals surface area contributed by atoms with E-state index in [1.54, 1.807) is 35.5 Å². The lowest BCUT2D eigenvalue weighted by Crippen LogP contribution is -2.18.